The highest BCUT2D eigenvalue weighted by atomic mass is 16.5. The summed E-state index contributed by atoms with van der Waals surface area (Å²) in [6, 6.07) is 67.9. The molecule has 3 nitrogen and oxygen atoms in total. The molecule has 10 rings (SSSR count). The fourth-order valence-corrected chi connectivity index (χ4v) is 7.46. The summed E-state index contributed by atoms with van der Waals surface area (Å²) in [5.74, 6) is 2.46. The van der Waals surface area contributed by atoms with E-state index in [1.807, 2.05) is 24.3 Å². The molecule has 1 aromatic heterocycles. The standard InChI is InChI=1S/C50H32N2O/c1-3-11-33(12-4-1)34-21-25-37(26-22-34)45-32-46(42-18-8-7-17-41(42)36-13-5-2-6-14-36)52-50(51-45)39-27-23-35(24-28-39)40-29-30-47-44(31-40)43-19-9-15-38-16-10-20-48(53-47)49(38)43/h1-32H. The second kappa shape index (κ2) is 12.9. The fraction of sp³-hybridized carbons (Fsp3) is 0. The van der Waals surface area contributed by atoms with E-state index in [1.165, 1.54) is 22.1 Å². The summed E-state index contributed by atoms with van der Waals surface area (Å²) in [5.41, 5.74) is 14.0. The van der Waals surface area contributed by atoms with Gasteiger partial charge in [0.05, 0.1) is 11.4 Å². The molecule has 8 aromatic carbocycles. The van der Waals surface area contributed by atoms with E-state index in [0.29, 0.717) is 5.82 Å². The maximum Gasteiger partial charge on any atom is 0.160 e. The lowest BCUT2D eigenvalue weighted by molar-refractivity contribution is 0.487. The first kappa shape index (κ1) is 30.7. The molecule has 53 heavy (non-hydrogen) atoms. The topological polar surface area (TPSA) is 35.0 Å². The van der Waals surface area contributed by atoms with Gasteiger partial charge in [0.15, 0.2) is 5.82 Å². The highest BCUT2D eigenvalue weighted by molar-refractivity contribution is 6.04. The Morgan fingerprint density at radius 2 is 0.849 bits per heavy atom. The van der Waals surface area contributed by atoms with Gasteiger partial charge in [0.1, 0.15) is 11.5 Å². The van der Waals surface area contributed by atoms with Crippen molar-refractivity contribution in [2.75, 3.05) is 0 Å². The summed E-state index contributed by atoms with van der Waals surface area (Å²) >= 11 is 0. The fourth-order valence-electron chi connectivity index (χ4n) is 7.46. The van der Waals surface area contributed by atoms with Crippen LogP contribution in [0.25, 0.3) is 89.2 Å². The zero-order valence-electron chi connectivity index (χ0n) is 28.8. The Labute approximate surface area is 308 Å². The molecule has 0 fully saturated rings. The van der Waals surface area contributed by atoms with Crippen LogP contribution in [0.5, 0.6) is 11.5 Å². The Kier molecular flexibility index (Phi) is 7.47. The molecule has 0 radical (unpaired) electrons. The molecule has 0 N–H and O–H groups in total. The number of benzene rings is 8. The SMILES string of the molecule is c1ccc(-c2ccc(-c3cc(-c4ccccc4-c4ccccc4)nc(-c4ccc(-c5ccc6c(c5)-c5cccc7cccc(c57)O6)cc4)n3)cc2)cc1. The van der Waals surface area contributed by atoms with Gasteiger partial charge in [0, 0.05) is 27.6 Å². The molecule has 1 aliphatic rings. The molecule has 3 heteroatoms. The quantitative estimate of drug-likeness (QED) is 0.176. The summed E-state index contributed by atoms with van der Waals surface area (Å²) in [4.78, 5) is 10.4. The first-order valence-electron chi connectivity index (χ1n) is 17.9. The molecule has 2 heterocycles. The Hall–Kier alpha value is -7.10. The molecule has 0 bridgehead atoms. The number of hydrogen-bond donors (Lipinski definition) is 0. The summed E-state index contributed by atoms with van der Waals surface area (Å²) in [6.07, 6.45) is 0. The van der Waals surface area contributed by atoms with Crippen molar-refractivity contribution in [2.45, 2.75) is 0 Å². The van der Waals surface area contributed by atoms with Gasteiger partial charge in [-0.15, -0.1) is 0 Å². The van der Waals surface area contributed by atoms with Crippen LogP contribution in [0.3, 0.4) is 0 Å². The van der Waals surface area contributed by atoms with Crippen molar-refractivity contribution >= 4 is 10.8 Å². The molecule has 0 unspecified atom stereocenters. The van der Waals surface area contributed by atoms with Gasteiger partial charge < -0.3 is 4.74 Å². The van der Waals surface area contributed by atoms with Gasteiger partial charge in [-0.2, -0.15) is 0 Å². The molecular formula is C50H32N2O. The van der Waals surface area contributed by atoms with Crippen LogP contribution in [0, 0.1) is 0 Å². The van der Waals surface area contributed by atoms with Crippen LogP contribution in [0.4, 0.5) is 0 Å². The maximum absolute atomic E-state index is 6.36. The Bertz CT molecular complexity index is 2770. The molecular weight excluding hydrogens is 645 g/mol. The van der Waals surface area contributed by atoms with Crippen LogP contribution in [0.2, 0.25) is 0 Å². The van der Waals surface area contributed by atoms with Crippen LogP contribution >= 0.6 is 0 Å². The highest BCUT2D eigenvalue weighted by Crippen LogP contribution is 2.47. The van der Waals surface area contributed by atoms with Crippen LogP contribution < -0.4 is 4.74 Å². The summed E-state index contributed by atoms with van der Waals surface area (Å²) < 4.78 is 6.36. The number of nitrogens with zero attached hydrogens (tertiary/aromatic N) is 2. The van der Waals surface area contributed by atoms with E-state index in [4.69, 9.17) is 14.7 Å². The lowest BCUT2D eigenvalue weighted by atomic mass is 9.92. The van der Waals surface area contributed by atoms with Crippen LogP contribution in [-0.2, 0) is 0 Å². The monoisotopic (exact) mass is 676 g/mol. The molecule has 0 aliphatic carbocycles. The zero-order chi connectivity index (χ0) is 35.1. The minimum absolute atomic E-state index is 0.682. The largest absolute Gasteiger partial charge is 0.456 e. The van der Waals surface area contributed by atoms with Gasteiger partial charge in [-0.3, -0.25) is 0 Å². The number of fused-ring (bicyclic) bond motifs is 2. The van der Waals surface area contributed by atoms with Crippen molar-refractivity contribution in [3.8, 4) is 89.9 Å². The summed E-state index contributed by atoms with van der Waals surface area (Å²) in [5, 5.41) is 2.34. The molecule has 0 spiro atoms. The van der Waals surface area contributed by atoms with E-state index in [-0.39, 0.29) is 0 Å². The maximum atomic E-state index is 6.36. The first-order valence-corrected chi connectivity index (χ1v) is 17.9. The van der Waals surface area contributed by atoms with Crippen molar-refractivity contribution in [1.29, 1.82) is 0 Å². The van der Waals surface area contributed by atoms with E-state index in [2.05, 4.69) is 170 Å². The molecule has 0 amide bonds. The molecule has 1 aliphatic heterocycles. The molecule has 0 saturated heterocycles. The van der Waals surface area contributed by atoms with Crippen LogP contribution in [0.1, 0.15) is 0 Å². The second-order valence-corrected chi connectivity index (χ2v) is 13.4. The van der Waals surface area contributed by atoms with Gasteiger partial charge in [0.25, 0.3) is 0 Å². The smallest absolute Gasteiger partial charge is 0.160 e. The van der Waals surface area contributed by atoms with E-state index < -0.39 is 0 Å². The molecule has 248 valence electrons. The van der Waals surface area contributed by atoms with Gasteiger partial charge in [0.2, 0.25) is 0 Å². The Morgan fingerprint density at radius 1 is 0.302 bits per heavy atom. The van der Waals surface area contributed by atoms with Crippen LogP contribution in [-0.4, -0.2) is 9.97 Å². The van der Waals surface area contributed by atoms with Gasteiger partial charge >= 0.3 is 0 Å². The van der Waals surface area contributed by atoms with Crippen molar-refractivity contribution in [1.82, 2.24) is 9.97 Å². The van der Waals surface area contributed by atoms with E-state index >= 15 is 0 Å². The average molecular weight is 677 g/mol. The predicted octanol–water partition coefficient (Wildman–Crippen LogP) is 13.4. The van der Waals surface area contributed by atoms with Gasteiger partial charge in [-0.05, 0) is 68.6 Å². The molecule has 9 aromatic rings. The minimum atomic E-state index is 0.682. The van der Waals surface area contributed by atoms with Crippen molar-refractivity contribution in [3.05, 3.63) is 194 Å². The molecule has 0 saturated carbocycles. The molecule has 0 atom stereocenters. The summed E-state index contributed by atoms with van der Waals surface area (Å²) in [7, 11) is 0. The third kappa shape index (κ3) is 5.65. The van der Waals surface area contributed by atoms with Gasteiger partial charge in [-0.25, -0.2) is 9.97 Å². The zero-order valence-corrected chi connectivity index (χ0v) is 28.8. The summed E-state index contributed by atoms with van der Waals surface area (Å²) in [6.45, 7) is 0. The van der Waals surface area contributed by atoms with Crippen molar-refractivity contribution in [2.24, 2.45) is 0 Å². The van der Waals surface area contributed by atoms with E-state index in [1.54, 1.807) is 0 Å². The third-order valence-electron chi connectivity index (χ3n) is 10.1. The average Bonchev–Trinajstić information content (AvgIpc) is 3.24. The lowest BCUT2D eigenvalue weighted by Crippen LogP contribution is -1.98. The van der Waals surface area contributed by atoms with Crippen LogP contribution in [0.15, 0.2) is 194 Å². The Balaban J connectivity index is 1.05. The third-order valence-corrected chi connectivity index (χ3v) is 10.1. The Morgan fingerprint density at radius 3 is 1.60 bits per heavy atom. The number of aromatic nitrogens is 2. The van der Waals surface area contributed by atoms with E-state index in [9.17, 15) is 0 Å². The van der Waals surface area contributed by atoms with Crippen molar-refractivity contribution in [3.63, 3.8) is 0 Å². The number of rotatable bonds is 6. The van der Waals surface area contributed by atoms with E-state index in [0.717, 1.165) is 72.8 Å². The number of hydrogen-bond acceptors (Lipinski definition) is 3. The number of ether oxygens (including phenoxy) is 1. The van der Waals surface area contributed by atoms with Crippen molar-refractivity contribution < 1.29 is 4.74 Å². The minimum Gasteiger partial charge on any atom is -0.456 e. The first-order chi connectivity index (χ1) is 26.2. The normalized spacial score (nSPS) is 11.5. The highest BCUT2D eigenvalue weighted by Gasteiger charge is 2.20. The predicted molar refractivity (Wildman–Crippen MR) is 218 cm³/mol. The lowest BCUT2D eigenvalue weighted by Gasteiger charge is -2.22. The second-order valence-electron chi connectivity index (χ2n) is 13.4. The van der Waals surface area contributed by atoms with Gasteiger partial charge in [-0.1, -0.05) is 170 Å².